The molecular formula is C13H19BrO2. The van der Waals surface area contributed by atoms with Crippen molar-refractivity contribution >= 4 is 15.9 Å². The van der Waals surface area contributed by atoms with Gasteiger partial charge in [-0.1, -0.05) is 13.8 Å². The van der Waals surface area contributed by atoms with Crippen molar-refractivity contribution in [2.75, 3.05) is 13.2 Å². The summed E-state index contributed by atoms with van der Waals surface area (Å²) < 4.78 is 12.2. The minimum absolute atomic E-state index is 0.743. The molecule has 0 saturated carbocycles. The van der Waals surface area contributed by atoms with Crippen LogP contribution in [-0.4, -0.2) is 13.2 Å². The number of ether oxygens (including phenoxy) is 2. The van der Waals surface area contributed by atoms with Gasteiger partial charge in [0.1, 0.15) is 11.5 Å². The normalized spacial score (nSPS) is 10.2. The van der Waals surface area contributed by atoms with Crippen LogP contribution in [0, 0.1) is 6.92 Å². The molecule has 0 N–H and O–H groups in total. The molecule has 1 aromatic rings. The Morgan fingerprint density at radius 3 is 2.12 bits per heavy atom. The average molecular weight is 287 g/mol. The quantitative estimate of drug-likeness (QED) is 0.775. The maximum Gasteiger partial charge on any atom is 0.134 e. The second-order valence-corrected chi connectivity index (χ2v) is 4.60. The first-order valence-electron chi connectivity index (χ1n) is 5.74. The Bertz CT molecular complexity index is 303. The number of benzene rings is 1. The minimum atomic E-state index is 0.743. The van der Waals surface area contributed by atoms with Crippen LogP contribution >= 0.6 is 15.9 Å². The molecule has 0 aromatic heterocycles. The van der Waals surface area contributed by atoms with Gasteiger partial charge in [0.2, 0.25) is 0 Å². The van der Waals surface area contributed by atoms with Crippen LogP contribution in [0.4, 0.5) is 0 Å². The summed E-state index contributed by atoms with van der Waals surface area (Å²) in [7, 11) is 0. The molecule has 0 saturated heterocycles. The van der Waals surface area contributed by atoms with Crippen LogP contribution in [0.5, 0.6) is 11.5 Å². The molecule has 0 aliphatic carbocycles. The van der Waals surface area contributed by atoms with Gasteiger partial charge in [0.05, 0.1) is 17.7 Å². The first-order chi connectivity index (χ1) is 7.69. The summed E-state index contributed by atoms with van der Waals surface area (Å²) in [4.78, 5) is 0. The molecule has 90 valence electrons. The van der Waals surface area contributed by atoms with E-state index in [0.29, 0.717) is 0 Å². The summed E-state index contributed by atoms with van der Waals surface area (Å²) in [5, 5.41) is 0. The molecule has 1 rings (SSSR count). The van der Waals surface area contributed by atoms with Crippen LogP contribution in [0.15, 0.2) is 16.6 Å². The summed E-state index contributed by atoms with van der Waals surface area (Å²) in [5.74, 6) is 1.82. The summed E-state index contributed by atoms with van der Waals surface area (Å²) in [6.07, 6.45) is 2.03. The molecule has 0 aliphatic rings. The Morgan fingerprint density at radius 2 is 1.56 bits per heavy atom. The van der Waals surface area contributed by atoms with Crippen molar-refractivity contribution in [3.05, 3.63) is 22.2 Å². The zero-order valence-electron chi connectivity index (χ0n) is 10.2. The Balaban J connectivity index is 2.79. The fourth-order valence-electron chi connectivity index (χ4n) is 1.33. The van der Waals surface area contributed by atoms with Gasteiger partial charge in [0.25, 0.3) is 0 Å². The van der Waals surface area contributed by atoms with E-state index in [4.69, 9.17) is 9.47 Å². The van der Waals surface area contributed by atoms with Gasteiger partial charge in [-0.05, 0) is 53.4 Å². The fourth-order valence-corrected chi connectivity index (χ4v) is 1.76. The minimum Gasteiger partial charge on any atom is -0.493 e. The molecule has 2 nitrogen and oxygen atoms in total. The molecule has 16 heavy (non-hydrogen) atoms. The van der Waals surface area contributed by atoms with E-state index in [0.717, 1.165) is 47.6 Å². The monoisotopic (exact) mass is 286 g/mol. The van der Waals surface area contributed by atoms with E-state index in [-0.39, 0.29) is 0 Å². The van der Waals surface area contributed by atoms with E-state index in [1.807, 2.05) is 19.1 Å². The second kappa shape index (κ2) is 6.79. The maximum atomic E-state index is 5.64. The number of hydrogen-bond acceptors (Lipinski definition) is 2. The standard InChI is InChI=1S/C13H19BrO2/c1-4-6-15-12-9-11(14)13(8-10(12)3)16-7-5-2/h8-9H,4-7H2,1-3H3. The number of hydrogen-bond donors (Lipinski definition) is 0. The number of halogens is 1. The van der Waals surface area contributed by atoms with Crippen LogP contribution in [0.2, 0.25) is 0 Å². The molecule has 0 atom stereocenters. The highest BCUT2D eigenvalue weighted by molar-refractivity contribution is 9.10. The lowest BCUT2D eigenvalue weighted by Crippen LogP contribution is -2.00. The van der Waals surface area contributed by atoms with Crippen molar-refractivity contribution in [2.45, 2.75) is 33.6 Å². The first kappa shape index (κ1) is 13.4. The van der Waals surface area contributed by atoms with E-state index in [9.17, 15) is 0 Å². The molecule has 3 heteroatoms. The molecule has 0 radical (unpaired) electrons. The van der Waals surface area contributed by atoms with E-state index in [1.165, 1.54) is 0 Å². The van der Waals surface area contributed by atoms with E-state index >= 15 is 0 Å². The average Bonchev–Trinajstić information content (AvgIpc) is 2.28. The molecule has 1 aromatic carbocycles. The number of rotatable bonds is 6. The van der Waals surface area contributed by atoms with Crippen LogP contribution in [0.25, 0.3) is 0 Å². The summed E-state index contributed by atoms with van der Waals surface area (Å²) in [6, 6.07) is 4.00. The van der Waals surface area contributed by atoms with Gasteiger partial charge in [-0.3, -0.25) is 0 Å². The van der Waals surface area contributed by atoms with Gasteiger partial charge in [0.15, 0.2) is 0 Å². The molecule has 0 amide bonds. The van der Waals surface area contributed by atoms with Crippen molar-refractivity contribution in [1.82, 2.24) is 0 Å². The van der Waals surface area contributed by atoms with Gasteiger partial charge < -0.3 is 9.47 Å². The lowest BCUT2D eigenvalue weighted by Gasteiger charge is -2.12. The Labute approximate surface area is 106 Å². The molecule has 0 fully saturated rings. The SMILES string of the molecule is CCCOc1cc(Br)c(OCCC)cc1C. The van der Waals surface area contributed by atoms with Gasteiger partial charge >= 0.3 is 0 Å². The van der Waals surface area contributed by atoms with Crippen molar-refractivity contribution in [3.8, 4) is 11.5 Å². The number of aryl methyl sites for hydroxylation is 1. The molecule has 0 aliphatic heterocycles. The van der Waals surface area contributed by atoms with E-state index in [1.54, 1.807) is 0 Å². The van der Waals surface area contributed by atoms with Gasteiger partial charge in [-0.2, -0.15) is 0 Å². The molecule has 0 spiro atoms. The Hall–Kier alpha value is -0.700. The zero-order valence-corrected chi connectivity index (χ0v) is 11.8. The topological polar surface area (TPSA) is 18.5 Å². The van der Waals surface area contributed by atoms with E-state index < -0.39 is 0 Å². The molecule has 0 unspecified atom stereocenters. The third kappa shape index (κ3) is 3.71. The lowest BCUT2D eigenvalue weighted by molar-refractivity contribution is 0.305. The van der Waals surface area contributed by atoms with Gasteiger partial charge in [0, 0.05) is 0 Å². The Morgan fingerprint density at radius 1 is 1.00 bits per heavy atom. The first-order valence-corrected chi connectivity index (χ1v) is 6.54. The maximum absolute atomic E-state index is 5.64. The third-order valence-corrected chi connectivity index (χ3v) is 2.77. The molecule has 0 heterocycles. The highest BCUT2D eigenvalue weighted by atomic mass is 79.9. The van der Waals surface area contributed by atoms with Gasteiger partial charge in [-0.15, -0.1) is 0 Å². The summed E-state index contributed by atoms with van der Waals surface area (Å²) in [5.41, 5.74) is 1.11. The molecule has 0 bridgehead atoms. The van der Waals surface area contributed by atoms with Crippen molar-refractivity contribution in [2.24, 2.45) is 0 Å². The fraction of sp³-hybridized carbons (Fsp3) is 0.538. The second-order valence-electron chi connectivity index (χ2n) is 3.75. The third-order valence-electron chi connectivity index (χ3n) is 2.15. The molecular weight excluding hydrogens is 268 g/mol. The predicted molar refractivity (Wildman–Crippen MR) is 70.5 cm³/mol. The van der Waals surface area contributed by atoms with Crippen LogP contribution in [0.3, 0.4) is 0 Å². The summed E-state index contributed by atoms with van der Waals surface area (Å²) >= 11 is 3.50. The van der Waals surface area contributed by atoms with E-state index in [2.05, 4.69) is 29.8 Å². The highest BCUT2D eigenvalue weighted by Gasteiger charge is 2.07. The van der Waals surface area contributed by atoms with Crippen molar-refractivity contribution in [1.29, 1.82) is 0 Å². The lowest BCUT2D eigenvalue weighted by atomic mass is 10.2. The Kier molecular flexibility index (Phi) is 5.67. The predicted octanol–water partition coefficient (Wildman–Crippen LogP) is 4.34. The zero-order chi connectivity index (χ0) is 12.0. The van der Waals surface area contributed by atoms with Crippen LogP contribution < -0.4 is 9.47 Å². The smallest absolute Gasteiger partial charge is 0.134 e. The highest BCUT2D eigenvalue weighted by Crippen LogP contribution is 2.32. The largest absolute Gasteiger partial charge is 0.493 e. The van der Waals surface area contributed by atoms with Crippen LogP contribution in [-0.2, 0) is 0 Å². The van der Waals surface area contributed by atoms with Gasteiger partial charge in [-0.25, -0.2) is 0 Å². The van der Waals surface area contributed by atoms with Crippen molar-refractivity contribution in [3.63, 3.8) is 0 Å². The summed E-state index contributed by atoms with van der Waals surface area (Å²) in [6.45, 7) is 7.73. The van der Waals surface area contributed by atoms with Crippen molar-refractivity contribution < 1.29 is 9.47 Å². The van der Waals surface area contributed by atoms with Crippen LogP contribution in [0.1, 0.15) is 32.3 Å².